The van der Waals surface area contributed by atoms with Crippen LogP contribution in [0.4, 0.5) is 11.4 Å². The molecule has 0 bridgehead atoms. The molecular weight excluding hydrogens is 579 g/mol. The first kappa shape index (κ1) is 26.9. The summed E-state index contributed by atoms with van der Waals surface area (Å²) < 4.78 is 0. The number of benzene rings is 7. The number of anilines is 2. The average molecular weight is 616 g/mol. The van der Waals surface area contributed by atoms with Crippen LogP contribution in [0.25, 0.3) is 75.8 Å². The van der Waals surface area contributed by atoms with Crippen LogP contribution in [-0.2, 0) is 5.41 Å². The molecule has 0 amide bonds. The first-order valence-electron chi connectivity index (χ1n) is 17.5. The van der Waals surface area contributed by atoms with Crippen LogP contribution in [0, 0.1) is 5.41 Å². The average Bonchev–Trinajstić information content (AvgIpc) is 3.70. The molecule has 1 saturated carbocycles. The highest BCUT2D eigenvalue weighted by atomic mass is 15.3. The molecule has 1 nitrogen and oxygen atoms in total. The van der Waals surface area contributed by atoms with E-state index in [4.69, 9.17) is 0 Å². The number of hydrogen-bond donors (Lipinski definition) is 0. The van der Waals surface area contributed by atoms with Crippen LogP contribution in [0.5, 0.6) is 0 Å². The fourth-order valence-electron chi connectivity index (χ4n) is 11.0. The lowest BCUT2D eigenvalue weighted by Crippen LogP contribution is -2.49. The van der Waals surface area contributed by atoms with Crippen molar-refractivity contribution in [2.24, 2.45) is 5.41 Å². The number of nitrogens with zero attached hydrogens (tertiary/aromatic N) is 1. The first-order chi connectivity index (χ1) is 23.3. The Kier molecular flexibility index (Phi) is 4.85. The highest BCUT2D eigenvalue weighted by Crippen LogP contribution is 2.67. The van der Waals surface area contributed by atoms with E-state index in [9.17, 15) is 0 Å². The summed E-state index contributed by atoms with van der Waals surface area (Å²) in [4.78, 5) is 2.67. The lowest BCUT2D eigenvalue weighted by molar-refractivity contribution is 0.330. The van der Waals surface area contributed by atoms with Crippen molar-refractivity contribution in [3.05, 3.63) is 133 Å². The molecule has 9 aromatic rings. The van der Waals surface area contributed by atoms with Crippen LogP contribution >= 0.6 is 0 Å². The first-order valence-corrected chi connectivity index (χ1v) is 17.5. The number of fused-ring (bicyclic) bond motifs is 9. The third kappa shape index (κ3) is 3.14. The Bertz CT molecular complexity index is 2700. The highest BCUT2D eigenvalue weighted by molar-refractivity contribution is 6.38. The second-order valence-electron chi connectivity index (χ2n) is 16.1. The molecule has 1 aliphatic carbocycles. The molecular formula is C47H37N. The van der Waals surface area contributed by atoms with Gasteiger partial charge in [0.15, 0.2) is 0 Å². The Hall–Kier alpha value is -5.14. The lowest BCUT2D eigenvalue weighted by Gasteiger charge is -2.42. The van der Waals surface area contributed by atoms with Crippen molar-refractivity contribution in [3.8, 4) is 11.1 Å². The van der Waals surface area contributed by atoms with Gasteiger partial charge in [-0.05, 0) is 143 Å². The molecule has 11 rings (SSSR count). The Labute approximate surface area is 281 Å². The van der Waals surface area contributed by atoms with Crippen molar-refractivity contribution in [2.75, 3.05) is 4.90 Å². The maximum Gasteiger partial charge on any atom is 0.0523 e. The molecule has 1 heteroatoms. The summed E-state index contributed by atoms with van der Waals surface area (Å²) in [5, 5.41) is 16.4. The molecule has 2 atom stereocenters. The fraction of sp³-hybridized carbons (Fsp3) is 0.191. The van der Waals surface area contributed by atoms with Gasteiger partial charge in [0.05, 0.1) is 5.54 Å². The van der Waals surface area contributed by atoms with E-state index in [0.717, 1.165) is 6.42 Å². The second-order valence-corrected chi connectivity index (χ2v) is 16.1. The number of para-hydroxylation sites is 1. The molecule has 0 aromatic heterocycles. The molecule has 0 N–H and O–H groups in total. The molecule has 2 unspecified atom stereocenters. The van der Waals surface area contributed by atoms with Gasteiger partial charge in [-0.1, -0.05) is 112 Å². The Morgan fingerprint density at radius 3 is 1.77 bits per heavy atom. The maximum absolute atomic E-state index is 2.67. The van der Waals surface area contributed by atoms with E-state index < -0.39 is 0 Å². The van der Waals surface area contributed by atoms with Crippen molar-refractivity contribution in [1.29, 1.82) is 0 Å². The van der Waals surface area contributed by atoms with Gasteiger partial charge in [-0.2, -0.15) is 0 Å². The zero-order chi connectivity index (χ0) is 32.2. The molecule has 0 saturated heterocycles. The molecule has 0 spiro atoms. The summed E-state index contributed by atoms with van der Waals surface area (Å²) in [5.74, 6) is 0. The van der Waals surface area contributed by atoms with Gasteiger partial charge < -0.3 is 4.90 Å². The van der Waals surface area contributed by atoms with Gasteiger partial charge in [0.25, 0.3) is 0 Å². The van der Waals surface area contributed by atoms with Gasteiger partial charge in [-0.15, -0.1) is 0 Å². The standard InChI is InChI=1S/C47H37N/c1-45(2)26-46(3)41-23-29(19-22-42(41)48(47(46,4)27-45)30-13-6-5-7-14-30)31-20-21-36-40-25-38-34-16-9-12-28-11-8-15-33(43(28)34)37(38)24-39(40)35-18-10-17-32(31)44(35)36/h5-25H,26-27H2,1-4H3. The van der Waals surface area contributed by atoms with E-state index >= 15 is 0 Å². The quantitative estimate of drug-likeness (QED) is 0.187. The van der Waals surface area contributed by atoms with Gasteiger partial charge in [0.2, 0.25) is 0 Å². The minimum absolute atomic E-state index is 0.00577. The van der Waals surface area contributed by atoms with Gasteiger partial charge >= 0.3 is 0 Å². The van der Waals surface area contributed by atoms with E-state index in [2.05, 4.69) is 160 Å². The van der Waals surface area contributed by atoms with Gasteiger partial charge in [0, 0.05) is 16.8 Å². The molecule has 230 valence electrons. The third-order valence-electron chi connectivity index (χ3n) is 12.8. The van der Waals surface area contributed by atoms with Crippen molar-refractivity contribution < 1.29 is 0 Å². The summed E-state index contributed by atoms with van der Waals surface area (Å²) >= 11 is 0. The zero-order valence-electron chi connectivity index (χ0n) is 28.0. The molecule has 9 aromatic carbocycles. The van der Waals surface area contributed by atoms with Crippen molar-refractivity contribution >= 4 is 76.0 Å². The van der Waals surface area contributed by atoms with E-state index in [1.165, 1.54) is 99.1 Å². The number of rotatable bonds is 2. The Balaban J connectivity index is 1.15. The largest absolute Gasteiger partial charge is 0.334 e. The van der Waals surface area contributed by atoms with Crippen molar-refractivity contribution in [2.45, 2.75) is 51.5 Å². The number of hydrogen-bond acceptors (Lipinski definition) is 1. The van der Waals surface area contributed by atoms with E-state index in [1.807, 2.05) is 0 Å². The Morgan fingerprint density at radius 1 is 0.479 bits per heavy atom. The van der Waals surface area contributed by atoms with Crippen LogP contribution in [0.2, 0.25) is 0 Å². The van der Waals surface area contributed by atoms with Crippen LogP contribution < -0.4 is 4.90 Å². The fourth-order valence-corrected chi connectivity index (χ4v) is 11.0. The van der Waals surface area contributed by atoms with Crippen LogP contribution in [-0.4, -0.2) is 5.54 Å². The molecule has 1 heterocycles. The third-order valence-corrected chi connectivity index (χ3v) is 12.8. The monoisotopic (exact) mass is 615 g/mol. The van der Waals surface area contributed by atoms with Crippen LogP contribution in [0.1, 0.15) is 46.1 Å². The van der Waals surface area contributed by atoms with Gasteiger partial charge in [-0.3, -0.25) is 0 Å². The predicted molar refractivity (Wildman–Crippen MR) is 207 cm³/mol. The molecule has 2 aliphatic rings. The smallest absolute Gasteiger partial charge is 0.0523 e. The topological polar surface area (TPSA) is 3.24 Å². The second kappa shape index (κ2) is 8.65. The minimum atomic E-state index is 0.00577. The predicted octanol–water partition coefficient (Wildman–Crippen LogP) is 13.1. The van der Waals surface area contributed by atoms with E-state index in [0.29, 0.717) is 0 Å². The minimum Gasteiger partial charge on any atom is -0.334 e. The summed E-state index contributed by atoms with van der Waals surface area (Å²) in [6.45, 7) is 9.98. The summed E-state index contributed by atoms with van der Waals surface area (Å²) in [6, 6.07) is 48.6. The zero-order valence-corrected chi connectivity index (χ0v) is 28.0. The molecule has 1 fully saturated rings. The van der Waals surface area contributed by atoms with Crippen LogP contribution in [0.3, 0.4) is 0 Å². The van der Waals surface area contributed by atoms with Gasteiger partial charge in [0.1, 0.15) is 0 Å². The van der Waals surface area contributed by atoms with E-state index in [1.54, 1.807) is 0 Å². The molecule has 48 heavy (non-hydrogen) atoms. The van der Waals surface area contributed by atoms with E-state index in [-0.39, 0.29) is 16.4 Å². The lowest BCUT2D eigenvalue weighted by atomic mass is 9.71. The van der Waals surface area contributed by atoms with Gasteiger partial charge in [-0.25, -0.2) is 0 Å². The maximum atomic E-state index is 2.67. The summed E-state index contributed by atoms with van der Waals surface area (Å²) in [5.41, 5.74) is 7.12. The highest BCUT2D eigenvalue weighted by Gasteiger charge is 2.64. The van der Waals surface area contributed by atoms with Crippen molar-refractivity contribution in [1.82, 2.24) is 0 Å². The molecule has 1 aliphatic heterocycles. The molecule has 0 radical (unpaired) electrons. The summed E-state index contributed by atoms with van der Waals surface area (Å²) in [6.07, 6.45) is 2.34. The Morgan fingerprint density at radius 2 is 1.08 bits per heavy atom. The van der Waals surface area contributed by atoms with Crippen molar-refractivity contribution in [3.63, 3.8) is 0 Å². The van der Waals surface area contributed by atoms with Crippen LogP contribution in [0.15, 0.2) is 127 Å². The normalized spacial score (nSPS) is 21.9. The SMILES string of the molecule is CC1(C)CC2(C)c3cc(-c4ccc5c6cc7c(cc6c6cccc4c65)c4cccc5cccc7c54)ccc3N(c3ccccc3)C2(C)C1. The summed E-state index contributed by atoms with van der Waals surface area (Å²) in [7, 11) is 0.